The summed E-state index contributed by atoms with van der Waals surface area (Å²) in [4.78, 5) is 10.6. The summed E-state index contributed by atoms with van der Waals surface area (Å²) >= 11 is 0. The molecule has 2 amide bonds. The number of rotatable bonds is 13. The zero-order chi connectivity index (χ0) is 18.3. The van der Waals surface area contributed by atoms with Crippen molar-refractivity contribution >= 4 is 12.2 Å². The van der Waals surface area contributed by atoms with E-state index in [-0.39, 0.29) is 0 Å². The largest absolute Gasteiger partial charge is 0.493 e. The minimum Gasteiger partial charge on any atom is -0.493 e. The van der Waals surface area contributed by atoms with Gasteiger partial charge < -0.3 is 15.2 Å². The van der Waals surface area contributed by atoms with Crippen LogP contribution in [0, 0.1) is 0 Å². The lowest BCUT2D eigenvalue weighted by Crippen LogP contribution is -2.24. The maximum absolute atomic E-state index is 10.6. The van der Waals surface area contributed by atoms with Crippen LogP contribution in [0.25, 0.3) is 0 Å². The number of methoxy groups -OCH3 is 1. The number of amides is 2. The van der Waals surface area contributed by atoms with Crippen molar-refractivity contribution in [3.63, 3.8) is 0 Å². The first kappa shape index (κ1) is 20.8. The number of ether oxygens (including phenoxy) is 2. The summed E-state index contributed by atoms with van der Waals surface area (Å²) < 4.78 is 11.2. The fraction of sp³-hybridized carbons (Fsp3) is 0.579. The molecule has 0 aliphatic carbocycles. The van der Waals surface area contributed by atoms with Crippen LogP contribution in [0.1, 0.15) is 63.9 Å². The standard InChI is InChI=1S/C19H31N3O3/c1-3-4-5-6-7-8-9-10-13-25-17-12-11-16(14-18(17)24-2)15-21-22-19(20)23/h11-12,14-15H,3-10,13H2,1-2H3,(H3,20,22,23)/b21-15+. The van der Waals surface area contributed by atoms with E-state index in [2.05, 4.69) is 17.5 Å². The lowest BCUT2D eigenvalue weighted by atomic mass is 10.1. The first-order valence-electron chi connectivity index (χ1n) is 9.06. The van der Waals surface area contributed by atoms with Crippen molar-refractivity contribution in [1.82, 2.24) is 5.43 Å². The quantitative estimate of drug-likeness (QED) is 0.318. The molecule has 0 atom stereocenters. The van der Waals surface area contributed by atoms with Crippen molar-refractivity contribution in [3.8, 4) is 11.5 Å². The number of hydrogen-bond acceptors (Lipinski definition) is 4. The molecule has 0 heterocycles. The first-order chi connectivity index (χ1) is 12.2. The number of unbranched alkanes of at least 4 members (excludes halogenated alkanes) is 7. The minimum absolute atomic E-state index is 0.641. The van der Waals surface area contributed by atoms with Crippen LogP contribution in [0.4, 0.5) is 4.79 Å². The molecule has 6 nitrogen and oxygen atoms in total. The monoisotopic (exact) mass is 349 g/mol. The summed E-state index contributed by atoms with van der Waals surface area (Å²) in [7, 11) is 1.60. The Labute approximate surface area is 150 Å². The number of nitrogens with one attached hydrogen (secondary N) is 1. The molecule has 0 aromatic heterocycles. The van der Waals surface area contributed by atoms with E-state index in [0.29, 0.717) is 18.1 Å². The van der Waals surface area contributed by atoms with E-state index in [1.54, 1.807) is 13.2 Å². The van der Waals surface area contributed by atoms with Gasteiger partial charge in [-0.3, -0.25) is 0 Å². The zero-order valence-corrected chi connectivity index (χ0v) is 15.4. The van der Waals surface area contributed by atoms with Crippen molar-refractivity contribution in [1.29, 1.82) is 0 Å². The highest BCUT2D eigenvalue weighted by molar-refractivity contribution is 5.82. The number of urea groups is 1. The minimum atomic E-state index is -0.700. The Kier molecular flexibility index (Phi) is 10.9. The van der Waals surface area contributed by atoms with E-state index in [4.69, 9.17) is 15.2 Å². The molecule has 0 spiro atoms. The molecule has 0 fully saturated rings. The van der Waals surface area contributed by atoms with Crippen LogP contribution in [0.2, 0.25) is 0 Å². The predicted octanol–water partition coefficient (Wildman–Crippen LogP) is 4.22. The molecule has 0 radical (unpaired) electrons. The number of benzene rings is 1. The van der Waals surface area contributed by atoms with E-state index >= 15 is 0 Å². The third-order valence-corrected chi connectivity index (χ3v) is 3.83. The maximum atomic E-state index is 10.6. The van der Waals surface area contributed by atoms with Crippen LogP contribution in [-0.4, -0.2) is 26.0 Å². The normalized spacial score (nSPS) is 10.8. The van der Waals surface area contributed by atoms with Gasteiger partial charge in [-0.2, -0.15) is 5.10 Å². The van der Waals surface area contributed by atoms with Gasteiger partial charge in [0, 0.05) is 0 Å². The molecule has 140 valence electrons. The van der Waals surface area contributed by atoms with Crippen molar-refractivity contribution in [2.24, 2.45) is 10.8 Å². The molecule has 1 aromatic carbocycles. The zero-order valence-electron chi connectivity index (χ0n) is 15.4. The summed E-state index contributed by atoms with van der Waals surface area (Å²) in [6, 6.07) is 4.79. The number of nitrogens with two attached hydrogens (primary N) is 1. The van der Waals surface area contributed by atoms with Crippen molar-refractivity contribution in [2.75, 3.05) is 13.7 Å². The van der Waals surface area contributed by atoms with Gasteiger partial charge in [-0.05, 0) is 30.2 Å². The Bertz CT molecular complexity index is 533. The molecule has 0 bridgehead atoms. The van der Waals surface area contributed by atoms with E-state index in [0.717, 1.165) is 12.0 Å². The Morgan fingerprint density at radius 1 is 1.12 bits per heavy atom. The summed E-state index contributed by atoms with van der Waals surface area (Å²) in [6.07, 6.45) is 11.7. The Morgan fingerprint density at radius 3 is 2.44 bits per heavy atom. The molecular formula is C19H31N3O3. The molecule has 0 unspecified atom stereocenters. The number of carbonyl (C=O) groups excluding carboxylic acids is 1. The molecule has 0 saturated heterocycles. The second kappa shape index (κ2) is 13.1. The lowest BCUT2D eigenvalue weighted by Gasteiger charge is -2.11. The van der Waals surface area contributed by atoms with Gasteiger partial charge in [0.2, 0.25) is 0 Å². The third kappa shape index (κ3) is 9.59. The molecule has 0 saturated carbocycles. The first-order valence-corrected chi connectivity index (χ1v) is 9.06. The van der Waals surface area contributed by atoms with Crippen LogP contribution in [0.3, 0.4) is 0 Å². The number of nitrogens with zero attached hydrogens (tertiary/aromatic N) is 1. The van der Waals surface area contributed by atoms with Crippen LogP contribution in [0.5, 0.6) is 11.5 Å². The summed E-state index contributed by atoms with van der Waals surface area (Å²) in [5.41, 5.74) is 7.88. The summed E-state index contributed by atoms with van der Waals surface area (Å²) in [6.45, 7) is 2.92. The van der Waals surface area contributed by atoms with Crippen LogP contribution >= 0.6 is 0 Å². The van der Waals surface area contributed by atoms with Gasteiger partial charge in [0.1, 0.15) is 0 Å². The summed E-state index contributed by atoms with van der Waals surface area (Å²) in [5.74, 6) is 1.35. The molecule has 25 heavy (non-hydrogen) atoms. The smallest absolute Gasteiger partial charge is 0.332 e. The van der Waals surface area contributed by atoms with Crippen LogP contribution < -0.4 is 20.6 Å². The van der Waals surface area contributed by atoms with Crippen LogP contribution in [-0.2, 0) is 0 Å². The van der Waals surface area contributed by atoms with E-state index in [9.17, 15) is 4.79 Å². The number of hydrogen-bond donors (Lipinski definition) is 2. The molecule has 3 N–H and O–H groups in total. The topological polar surface area (TPSA) is 85.9 Å². The molecule has 6 heteroatoms. The van der Waals surface area contributed by atoms with Gasteiger partial charge >= 0.3 is 6.03 Å². The fourth-order valence-electron chi connectivity index (χ4n) is 2.47. The Balaban J connectivity index is 2.31. The van der Waals surface area contributed by atoms with E-state index in [1.165, 1.54) is 51.2 Å². The SMILES string of the molecule is CCCCCCCCCCOc1ccc(/C=N/NC(N)=O)cc1OC. The van der Waals surface area contributed by atoms with Gasteiger partial charge in [-0.1, -0.05) is 51.9 Å². The second-order valence-electron chi connectivity index (χ2n) is 5.97. The molecule has 1 rings (SSSR count). The number of carbonyl (C=O) groups is 1. The number of hydrazone groups is 1. The van der Waals surface area contributed by atoms with Crippen molar-refractivity contribution < 1.29 is 14.3 Å². The molecule has 0 aliphatic rings. The molecular weight excluding hydrogens is 318 g/mol. The summed E-state index contributed by atoms with van der Waals surface area (Å²) in [5, 5.41) is 3.72. The molecule has 1 aromatic rings. The Hall–Kier alpha value is -2.24. The average molecular weight is 349 g/mol. The Morgan fingerprint density at radius 2 is 1.80 bits per heavy atom. The fourth-order valence-corrected chi connectivity index (χ4v) is 2.47. The second-order valence-corrected chi connectivity index (χ2v) is 5.97. The molecule has 0 aliphatic heterocycles. The van der Waals surface area contributed by atoms with Crippen LogP contribution in [0.15, 0.2) is 23.3 Å². The number of primary amides is 1. The van der Waals surface area contributed by atoms with Gasteiger partial charge in [0.15, 0.2) is 11.5 Å². The highest BCUT2D eigenvalue weighted by Gasteiger charge is 2.05. The van der Waals surface area contributed by atoms with Crippen molar-refractivity contribution in [2.45, 2.75) is 58.3 Å². The van der Waals surface area contributed by atoms with E-state index in [1.807, 2.05) is 12.1 Å². The predicted molar refractivity (Wildman–Crippen MR) is 101 cm³/mol. The highest BCUT2D eigenvalue weighted by atomic mass is 16.5. The van der Waals surface area contributed by atoms with Gasteiger partial charge in [0.05, 0.1) is 19.9 Å². The van der Waals surface area contributed by atoms with Gasteiger partial charge in [-0.15, -0.1) is 0 Å². The van der Waals surface area contributed by atoms with Crippen molar-refractivity contribution in [3.05, 3.63) is 23.8 Å². The third-order valence-electron chi connectivity index (χ3n) is 3.83. The van der Waals surface area contributed by atoms with E-state index < -0.39 is 6.03 Å². The lowest BCUT2D eigenvalue weighted by molar-refractivity contribution is 0.249. The average Bonchev–Trinajstić information content (AvgIpc) is 2.60. The maximum Gasteiger partial charge on any atom is 0.332 e. The van der Waals surface area contributed by atoms with Gasteiger partial charge in [0.25, 0.3) is 0 Å². The highest BCUT2D eigenvalue weighted by Crippen LogP contribution is 2.27. The van der Waals surface area contributed by atoms with Gasteiger partial charge in [-0.25, -0.2) is 10.2 Å².